The Morgan fingerprint density at radius 1 is 1.27 bits per heavy atom. The Morgan fingerprint density at radius 2 is 1.73 bits per heavy atom. The maximum atomic E-state index is 9.67. The first kappa shape index (κ1) is 11.7. The molecule has 0 aliphatic carbocycles. The monoisotopic (exact) mass is 211 g/mol. The molecule has 0 spiro atoms. The van der Waals surface area contributed by atoms with Gasteiger partial charge in [0.25, 0.3) is 0 Å². The van der Waals surface area contributed by atoms with E-state index in [1.807, 2.05) is 6.92 Å². The number of hydrogen-bond acceptors (Lipinski definition) is 4. The summed E-state index contributed by atoms with van der Waals surface area (Å²) < 4.78 is 10.1. The van der Waals surface area contributed by atoms with Gasteiger partial charge in [0, 0.05) is 6.04 Å². The molecule has 1 aromatic carbocycles. The fourth-order valence-corrected chi connectivity index (χ4v) is 1.44. The molecule has 1 aromatic rings. The third-order valence-corrected chi connectivity index (χ3v) is 2.10. The first-order chi connectivity index (χ1) is 7.08. The highest BCUT2D eigenvalue weighted by molar-refractivity contribution is 5.52. The summed E-state index contributed by atoms with van der Waals surface area (Å²) in [5.41, 5.74) is 6.68. The molecule has 0 saturated carbocycles. The second-order valence-electron chi connectivity index (χ2n) is 3.53. The SMILES string of the molecule is COc1cc(C[C@@H](C)N)cc(OC)c1O. The fraction of sp³-hybridized carbons (Fsp3) is 0.455. The smallest absolute Gasteiger partial charge is 0.200 e. The lowest BCUT2D eigenvalue weighted by molar-refractivity contribution is 0.339. The van der Waals surface area contributed by atoms with Gasteiger partial charge in [-0.05, 0) is 31.0 Å². The predicted molar refractivity (Wildman–Crippen MR) is 58.6 cm³/mol. The summed E-state index contributed by atoms with van der Waals surface area (Å²) in [4.78, 5) is 0. The number of methoxy groups -OCH3 is 2. The van der Waals surface area contributed by atoms with Gasteiger partial charge in [0.2, 0.25) is 5.75 Å². The molecule has 1 atom stereocenters. The van der Waals surface area contributed by atoms with Crippen molar-refractivity contribution >= 4 is 0 Å². The molecule has 4 heteroatoms. The van der Waals surface area contributed by atoms with E-state index in [2.05, 4.69) is 0 Å². The van der Waals surface area contributed by atoms with E-state index in [4.69, 9.17) is 15.2 Å². The Hall–Kier alpha value is -1.42. The normalized spacial score (nSPS) is 12.3. The van der Waals surface area contributed by atoms with Gasteiger partial charge in [-0.3, -0.25) is 0 Å². The Labute approximate surface area is 89.6 Å². The number of benzene rings is 1. The lowest BCUT2D eigenvalue weighted by atomic mass is 10.1. The van der Waals surface area contributed by atoms with Gasteiger partial charge in [0.1, 0.15) is 0 Å². The van der Waals surface area contributed by atoms with Crippen LogP contribution in [0, 0.1) is 0 Å². The molecule has 0 fully saturated rings. The van der Waals surface area contributed by atoms with Gasteiger partial charge in [-0.25, -0.2) is 0 Å². The Morgan fingerprint density at radius 3 is 2.07 bits per heavy atom. The third kappa shape index (κ3) is 2.76. The van der Waals surface area contributed by atoms with Crippen molar-refractivity contribution in [3.63, 3.8) is 0 Å². The van der Waals surface area contributed by atoms with Crippen LogP contribution in [-0.4, -0.2) is 25.4 Å². The molecule has 0 aromatic heterocycles. The molecule has 3 N–H and O–H groups in total. The Kier molecular flexibility index (Phi) is 3.80. The van der Waals surface area contributed by atoms with E-state index < -0.39 is 0 Å². The maximum Gasteiger partial charge on any atom is 0.200 e. The summed E-state index contributed by atoms with van der Waals surface area (Å²) in [6.07, 6.45) is 0.715. The minimum atomic E-state index is 0.0217. The predicted octanol–water partition coefficient (Wildman–Crippen LogP) is 1.30. The highest BCUT2D eigenvalue weighted by Gasteiger charge is 2.11. The first-order valence-corrected chi connectivity index (χ1v) is 4.78. The molecule has 0 bridgehead atoms. The summed E-state index contributed by atoms with van der Waals surface area (Å²) in [5.74, 6) is 0.837. The van der Waals surface area contributed by atoms with Gasteiger partial charge in [-0.15, -0.1) is 0 Å². The van der Waals surface area contributed by atoms with Crippen molar-refractivity contribution in [2.75, 3.05) is 14.2 Å². The molecule has 0 heterocycles. The van der Waals surface area contributed by atoms with Crippen molar-refractivity contribution in [1.29, 1.82) is 0 Å². The van der Waals surface area contributed by atoms with Crippen LogP contribution in [0.25, 0.3) is 0 Å². The molecule has 0 unspecified atom stereocenters. The van der Waals surface area contributed by atoms with E-state index in [9.17, 15) is 5.11 Å². The summed E-state index contributed by atoms with van der Waals surface area (Å²) >= 11 is 0. The number of aromatic hydroxyl groups is 1. The fourth-order valence-electron chi connectivity index (χ4n) is 1.44. The van der Waals surface area contributed by atoms with E-state index in [1.165, 1.54) is 14.2 Å². The summed E-state index contributed by atoms with van der Waals surface area (Å²) in [6, 6.07) is 3.59. The molecule has 84 valence electrons. The van der Waals surface area contributed by atoms with Crippen LogP contribution in [0.5, 0.6) is 17.2 Å². The van der Waals surface area contributed by atoms with Crippen molar-refractivity contribution in [3.8, 4) is 17.2 Å². The number of phenolic OH excluding ortho intramolecular Hbond substituents is 1. The molecule has 0 radical (unpaired) electrons. The van der Waals surface area contributed by atoms with Crippen molar-refractivity contribution in [2.24, 2.45) is 5.73 Å². The third-order valence-electron chi connectivity index (χ3n) is 2.10. The quantitative estimate of drug-likeness (QED) is 0.787. The van der Waals surface area contributed by atoms with Crippen LogP contribution in [0.2, 0.25) is 0 Å². The molecule has 1 rings (SSSR count). The van der Waals surface area contributed by atoms with Crippen LogP contribution in [0.1, 0.15) is 12.5 Å². The molecular weight excluding hydrogens is 194 g/mol. The highest BCUT2D eigenvalue weighted by atomic mass is 16.5. The standard InChI is InChI=1S/C11H17NO3/c1-7(12)4-8-5-9(14-2)11(13)10(6-8)15-3/h5-7,13H,4,12H2,1-3H3/t7-/m1/s1. The second-order valence-corrected chi connectivity index (χ2v) is 3.53. The van der Waals surface area contributed by atoms with E-state index in [0.717, 1.165) is 5.56 Å². The number of phenols is 1. The van der Waals surface area contributed by atoms with E-state index >= 15 is 0 Å². The molecular formula is C11H17NO3. The van der Waals surface area contributed by atoms with Gasteiger partial charge >= 0.3 is 0 Å². The van der Waals surface area contributed by atoms with Crippen LogP contribution in [-0.2, 0) is 6.42 Å². The second kappa shape index (κ2) is 4.89. The van der Waals surface area contributed by atoms with Crippen LogP contribution >= 0.6 is 0 Å². The molecule has 0 aliphatic rings. The van der Waals surface area contributed by atoms with Crippen molar-refractivity contribution in [1.82, 2.24) is 0 Å². The van der Waals surface area contributed by atoms with Crippen molar-refractivity contribution in [2.45, 2.75) is 19.4 Å². The summed E-state index contributed by atoms with van der Waals surface area (Å²) in [5, 5.41) is 9.67. The van der Waals surface area contributed by atoms with Crippen molar-refractivity contribution in [3.05, 3.63) is 17.7 Å². The van der Waals surface area contributed by atoms with Gasteiger partial charge in [-0.1, -0.05) is 0 Å². The maximum absolute atomic E-state index is 9.67. The first-order valence-electron chi connectivity index (χ1n) is 4.78. The summed E-state index contributed by atoms with van der Waals surface area (Å²) in [6.45, 7) is 1.92. The average molecular weight is 211 g/mol. The number of rotatable bonds is 4. The van der Waals surface area contributed by atoms with Gasteiger partial charge in [0.05, 0.1) is 14.2 Å². The zero-order valence-corrected chi connectivity index (χ0v) is 9.28. The van der Waals surface area contributed by atoms with Crippen LogP contribution in [0.4, 0.5) is 0 Å². The van der Waals surface area contributed by atoms with E-state index in [1.54, 1.807) is 12.1 Å². The number of hydrogen-bond donors (Lipinski definition) is 2. The minimum absolute atomic E-state index is 0.0217. The van der Waals surface area contributed by atoms with Crippen molar-refractivity contribution < 1.29 is 14.6 Å². The van der Waals surface area contributed by atoms with Gasteiger partial charge in [-0.2, -0.15) is 0 Å². The number of ether oxygens (including phenoxy) is 2. The highest BCUT2D eigenvalue weighted by Crippen LogP contribution is 2.37. The van der Waals surface area contributed by atoms with Gasteiger partial charge in [0.15, 0.2) is 11.5 Å². The van der Waals surface area contributed by atoms with Crippen LogP contribution in [0.15, 0.2) is 12.1 Å². The largest absolute Gasteiger partial charge is 0.502 e. The molecule has 0 aliphatic heterocycles. The molecule has 0 amide bonds. The van der Waals surface area contributed by atoms with E-state index in [0.29, 0.717) is 17.9 Å². The Balaban J connectivity index is 3.09. The zero-order chi connectivity index (χ0) is 11.4. The van der Waals surface area contributed by atoms with E-state index in [-0.39, 0.29) is 11.8 Å². The average Bonchev–Trinajstić information content (AvgIpc) is 2.19. The van der Waals surface area contributed by atoms with Crippen LogP contribution in [0.3, 0.4) is 0 Å². The summed E-state index contributed by atoms with van der Waals surface area (Å²) in [7, 11) is 3.01. The molecule has 15 heavy (non-hydrogen) atoms. The van der Waals surface area contributed by atoms with Crippen LogP contribution < -0.4 is 15.2 Å². The lowest BCUT2D eigenvalue weighted by Crippen LogP contribution is -2.17. The van der Waals surface area contributed by atoms with Gasteiger partial charge < -0.3 is 20.3 Å². The zero-order valence-electron chi connectivity index (χ0n) is 9.28. The number of nitrogens with two attached hydrogens (primary N) is 1. The lowest BCUT2D eigenvalue weighted by Gasteiger charge is -2.12. The molecule has 4 nitrogen and oxygen atoms in total. The molecule has 0 saturated heterocycles. The topological polar surface area (TPSA) is 64.7 Å². The minimum Gasteiger partial charge on any atom is -0.502 e. The Bertz CT molecular complexity index is 312.